The highest BCUT2D eigenvalue weighted by Gasteiger charge is 2.21. The Bertz CT molecular complexity index is 805. The van der Waals surface area contributed by atoms with E-state index in [0.717, 1.165) is 19.3 Å². The van der Waals surface area contributed by atoms with Crippen LogP contribution in [0.2, 0.25) is 0 Å². The van der Waals surface area contributed by atoms with E-state index >= 15 is 0 Å². The summed E-state index contributed by atoms with van der Waals surface area (Å²) in [6, 6.07) is 8.38. The Labute approximate surface area is 156 Å². The van der Waals surface area contributed by atoms with Gasteiger partial charge in [-0.2, -0.15) is 0 Å². The van der Waals surface area contributed by atoms with Crippen LogP contribution in [-0.2, 0) is 29.5 Å². The fourth-order valence-electron chi connectivity index (χ4n) is 3.19. The van der Waals surface area contributed by atoms with Gasteiger partial charge in [0.1, 0.15) is 5.82 Å². The van der Waals surface area contributed by atoms with Crippen LogP contribution >= 0.6 is 11.8 Å². The smallest absolute Gasteiger partial charge is 0.230 e. The van der Waals surface area contributed by atoms with Gasteiger partial charge < -0.3 is 15.6 Å². The van der Waals surface area contributed by atoms with Crippen molar-refractivity contribution < 1.29 is 9.59 Å². The molecular weight excluding hydrogens is 350 g/mol. The number of nitrogens with two attached hydrogens (primary N) is 1. The number of thioether (sulfide) groups is 1. The number of rotatable bonds is 7. The molecule has 3 rings (SSSR count). The lowest BCUT2D eigenvalue weighted by molar-refractivity contribution is -0.119. The second-order valence-electron chi connectivity index (χ2n) is 6.42. The number of hydrogen-bond acceptors (Lipinski definition) is 5. The number of amides is 2. The van der Waals surface area contributed by atoms with Gasteiger partial charge in [0.25, 0.3) is 0 Å². The van der Waals surface area contributed by atoms with Crippen LogP contribution in [-0.4, -0.2) is 32.3 Å². The van der Waals surface area contributed by atoms with E-state index in [0.29, 0.717) is 17.4 Å². The molecule has 0 spiro atoms. The number of carbonyl (C=O) groups excluding carboxylic acids is 2. The third-order valence-electron chi connectivity index (χ3n) is 4.56. The van der Waals surface area contributed by atoms with Crippen LogP contribution in [0.3, 0.4) is 0 Å². The van der Waals surface area contributed by atoms with Gasteiger partial charge in [-0.25, -0.2) is 0 Å². The summed E-state index contributed by atoms with van der Waals surface area (Å²) in [7, 11) is 1.83. The average molecular weight is 373 g/mol. The molecule has 138 valence electrons. The van der Waals surface area contributed by atoms with E-state index in [9.17, 15) is 9.59 Å². The van der Waals surface area contributed by atoms with E-state index in [1.165, 1.54) is 22.9 Å². The molecule has 0 saturated carbocycles. The molecule has 2 amide bonds. The Morgan fingerprint density at radius 1 is 1.35 bits per heavy atom. The number of nitrogens with zero attached hydrogens (tertiary/aromatic N) is 3. The molecule has 0 saturated heterocycles. The number of aryl methyl sites for hydroxylation is 2. The van der Waals surface area contributed by atoms with Gasteiger partial charge in [0.05, 0.1) is 11.8 Å². The number of carbonyl (C=O) groups is 2. The Morgan fingerprint density at radius 2 is 2.15 bits per heavy atom. The largest absolute Gasteiger partial charge is 0.370 e. The van der Waals surface area contributed by atoms with Crippen molar-refractivity contribution >= 4 is 23.6 Å². The van der Waals surface area contributed by atoms with E-state index < -0.39 is 0 Å². The summed E-state index contributed by atoms with van der Waals surface area (Å²) in [6.45, 7) is 0. The summed E-state index contributed by atoms with van der Waals surface area (Å²) in [6.07, 6.45) is 3.81. The molecule has 0 bridgehead atoms. The molecule has 2 aromatic rings. The van der Waals surface area contributed by atoms with E-state index in [1.807, 2.05) is 19.2 Å². The van der Waals surface area contributed by atoms with Gasteiger partial charge in [-0.05, 0) is 30.4 Å². The number of nitrogens with one attached hydrogen (secondary N) is 1. The molecule has 0 radical (unpaired) electrons. The van der Waals surface area contributed by atoms with Crippen molar-refractivity contribution in [2.24, 2.45) is 12.8 Å². The normalized spacial score (nSPS) is 16.1. The van der Waals surface area contributed by atoms with Gasteiger partial charge >= 0.3 is 0 Å². The van der Waals surface area contributed by atoms with E-state index in [-0.39, 0.29) is 30.0 Å². The summed E-state index contributed by atoms with van der Waals surface area (Å²) in [5.41, 5.74) is 7.71. The van der Waals surface area contributed by atoms with E-state index in [1.54, 1.807) is 4.57 Å². The van der Waals surface area contributed by atoms with Crippen molar-refractivity contribution in [1.82, 2.24) is 20.1 Å². The molecule has 0 fully saturated rings. The molecule has 0 aliphatic heterocycles. The van der Waals surface area contributed by atoms with Crippen LogP contribution in [0.15, 0.2) is 29.4 Å². The van der Waals surface area contributed by atoms with Gasteiger partial charge in [-0.15, -0.1) is 10.2 Å². The first-order valence-corrected chi connectivity index (χ1v) is 9.69. The van der Waals surface area contributed by atoms with Gasteiger partial charge in [0, 0.05) is 19.9 Å². The van der Waals surface area contributed by atoms with Crippen LogP contribution in [0.5, 0.6) is 0 Å². The van der Waals surface area contributed by atoms with Crippen molar-refractivity contribution in [2.45, 2.75) is 43.3 Å². The van der Waals surface area contributed by atoms with E-state index in [4.69, 9.17) is 5.73 Å². The van der Waals surface area contributed by atoms with Crippen molar-refractivity contribution in [2.75, 3.05) is 5.75 Å². The molecule has 1 aromatic heterocycles. The summed E-state index contributed by atoms with van der Waals surface area (Å²) in [5, 5.41) is 11.9. The van der Waals surface area contributed by atoms with Crippen molar-refractivity contribution in [1.29, 1.82) is 0 Å². The Kier molecular flexibility index (Phi) is 5.92. The highest BCUT2D eigenvalue weighted by Crippen LogP contribution is 2.29. The first kappa shape index (κ1) is 18.4. The molecule has 1 atom stereocenters. The van der Waals surface area contributed by atoms with Gasteiger partial charge in [0.2, 0.25) is 11.8 Å². The first-order valence-electron chi connectivity index (χ1n) is 8.71. The highest BCUT2D eigenvalue weighted by molar-refractivity contribution is 7.99. The number of aromatic nitrogens is 3. The van der Waals surface area contributed by atoms with Gasteiger partial charge in [0.15, 0.2) is 5.16 Å². The quantitative estimate of drug-likeness (QED) is 0.716. The van der Waals surface area contributed by atoms with Gasteiger partial charge in [-0.3, -0.25) is 9.59 Å². The minimum atomic E-state index is -0.366. The molecule has 26 heavy (non-hydrogen) atoms. The Hall–Kier alpha value is -2.35. The maximum Gasteiger partial charge on any atom is 0.230 e. The lowest BCUT2D eigenvalue weighted by atomic mass is 9.88. The molecular formula is C18H23N5O2S. The van der Waals surface area contributed by atoms with Crippen LogP contribution in [0.25, 0.3) is 0 Å². The highest BCUT2D eigenvalue weighted by atomic mass is 32.2. The van der Waals surface area contributed by atoms with E-state index in [2.05, 4.69) is 27.6 Å². The minimum Gasteiger partial charge on any atom is -0.370 e. The predicted molar refractivity (Wildman–Crippen MR) is 99.5 cm³/mol. The molecule has 3 N–H and O–H groups in total. The average Bonchev–Trinajstić information content (AvgIpc) is 2.98. The number of primary amides is 1. The third kappa shape index (κ3) is 4.43. The zero-order valence-corrected chi connectivity index (χ0v) is 15.6. The topological polar surface area (TPSA) is 103 Å². The van der Waals surface area contributed by atoms with Crippen molar-refractivity contribution in [3.63, 3.8) is 0 Å². The molecule has 1 aromatic carbocycles. The molecule has 7 nitrogen and oxygen atoms in total. The van der Waals surface area contributed by atoms with Crippen LogP contribution in [0, 0.1) is 0 Å². The van der Waals surface area contributed by atoms with Crippen LogP contribution in [0.4, 0.5) is 0 Å². The summed E-state index contributed by atoms with van der Waals surface area (Å²) in [4.78, 5) is 23.3. The summed E-state index contributed by atoms with van der Waals surface area (Å²) < 4.78 is 1.80. The first-order chi connectivity index (χ1) is 12.5. The summed E-state index contributed by atoms with van der Waals surface area (Å²) in [5.74, 6) is 0.584. The molecule has 1 aliphatic carbocycles. The third-order valence-corrected chi connectivity index (χ3v) is 5.58. The second kappa shape index (κ2) is 8.35. The minimum absolute atomic E-state index is 0.0154. The maximum atomic E-state index is 12.4. The number of hydrogen-bond donors (Lipinski definition) is 2. The molecule has 0 unspecified atom stereocenters. The number of fused-ring (bicyclic) bond motifs is 1. The standard InChI is InChI=1S/C18H23N5O2S/c1-23-16(10-9-15(19)24)21-22-18(23)26-11-17(25)20-14-8-4-6-12-5-2-3-7-13(12)14/h2-3,5,7,14H,4,6,8-11H2,1H3,(H2,19,24)(H,20,25)/t14-/m0/s1. The monoisotopic (exact) mass is 373 g/mol. The summed E-state index contributed by atoms with van der Waals surface area (Å²) >= 11 is 1.34. The molecule has 1 heterocycles. The fourth-order valence-corrected chi connectivity index (χ4v) is 3.93. The van der Waals surface area contributed by atoms with Gasteiger partial charge in [-0.1, -0.05) is 36.0 Å². The zero-order valence-electron chi connectivity index (χ0n) is 14.8. The fraction of sp³-hybridized carbons (Fsp3) is 0.444. The molecule has 8 heteroatoms. The Balaban J connectivity index is 1.55. The SMILES string of the molecule is Cn1c(CCC(N)=O)nnc1SCC(=O)N[C@H]1CCCc2ccccc21. The van der Waals surface area contributed by atoms with Crippen LogP contribution < -0.4 is 11.1 Å². The maximum absolute atomic E-state index is 12.4. The lowest BCUT2D eigenvalue weighted by Crippen LogP contribution is -2.32. The lowest BCUT2D eigenvalue weighted by Gasteiger charge is -2.26. The second-order valence-corrected chi connectivity index (χ2v) is 7.37. The van der Waals surface area contributed by atoms with Crippen molar-refractivity contribution in [3.8, 4) is 0 Å². The zero-order chi connectivity index (χ0) is 18.5. The van der Waals surface area contributed by atoms with Crippen LogP contribution in [0.1, 0.15) is 42.3 Å². The van der Waals surface area contributed by atoms with Crippen molar-refractivity contribution in [3.05, 3.63) is 41.2 Å². The predicted octanol–water partition coefficient (Wildman–Crippen LogP) is 1.52. The number of benzene rings is 1. The molecule has 1 aliphatic rings. The Morgan fingerprint density at radius 3 is 2.96 bits per heavy atom.